The van der Waals surface area contributed by atoms with E-state index in [-0.39, 0.29) is 0 Å². The van der Waals surface area contributed by atoms with Crippen LogP contribution in [0.1, 0.15) is 22.3 Å². The van der Waals surface area contributed by atoms with Crippen LogP contribution in [0.2, 0.25) is 0 Å². The Morgan fingerprint density at radius 2 is 1.53 bits per heavy atom. The van der Waals surface area contributed by atoms with Gasteiger partial charge in [-0.1, -0.05) is 12.1 Å². The fourth-order valence-corrected chi connectivity index (χ4v) is 1.72. The van der Waals surface area contributed by atoms with Gasteiger partial charge in [-0.15, -0.1) is 0 Å². The summed E-state index contributed by atoms with van der Waals surface area (Å²) in [4.78, 5) is 0. The molecule has 0 N–H and O–H groups in total. The number of ether oxygens (including phenoxy) is 1. The summed E-state index contributed by atoms with van der Waals surface area (Å²) in [5, 5.41) is 18.2. The molecule has 2 rings (SSSR count). The number of rotatable bonds is 2. The van der Waals surface area contributed by atoms with E-state index in [1.54, 1.807) is 18.2 Å². The maximum absolute atomic E-state index is 9.08. The van der Waals surface area contributed by atoms with E-state index < -0.39 is 0 Å². The maximum atomic E-state index is 9.08. The molecule has 0 saturated carbocycles. The van der Waals surface area contributed by atoms with E-state index in [2.05, 4.69) is 0 Å². The number of hydrogen-bond acceptors (Lipinski definition) is 3. The predicted molar refractivity (Wildman–Crippen MR) is 71.9 cm³/mol. The van der Waals surface area contributed by atoms with E-state index >= 15 is 0 Å². The van der Waals surface area contributed by atoms with Crippen LogP contribution in [-0.2, 0) is 0 Å². The van der Waals surface area contributed by atoms with E-state index in [9.17, 15) is 0 Å². The third-order valence-corrected chi connectivity index (χ3v) is 2.95. The summed E-state index contributed by atoms with van der Waals surface area (Å²) in [5.41, 5.74) is 2.99. The van der Waals surface area contributed by atoms with Gasteiger partial charge in [0.25, 0.3) is 0 Å². The first kappa shape index (κ1) is 12.7. The number of hydrogen-bond donors (Lipinski definition) is 0. The van der Waals surface area contributed by atoms with Crippen molar-refractivity contribution in [1.82, 2.24) is 0 Å². The normalized spacial score (nSPS) is 9.47. The zero-order chi connectivity index (χ0) is 13.8. The van der Waals surface area contributed by atoms with Gasteiger partial charge in [0.15, 0.2) is 5.75 Å². The van der Waals surface area contributed by atoms with Gasteiger partial charge in [0.05, 0.1) is 11.1 Å². The number of benzene rings is 2. The van der Waals surface area contributed by atoms with Gasteiger partial charge in [-0.2, -0.15) is 10.5 Å². The topological polar surface area (TPSA) is 56.8 Å². The SMILES string of the molecule is Cc1ccc(Oc2c(C#N)cccc2C#N)cc1C. The average molecular weight is 248 g/mol. The molecule has 0 atom stereocenters. The van der Waals surface area contributed by atoms with Crippen molar-refractivity contribution in [3.63, 3.8) is 0 Å². The van der Waals surface area contributed by atoms with Crippen LogP contribution in [-0.4, -0.2) is 0 Å². The minimum absolute atomic E-state index is 0.316. The fourth-order valence-electron chi connectivity index (χ4n) is 1.72. The lowest BCUT2D eigenvalue weighted by Gasteiger charge is -2.10. The van der Waals surface area contributed by atoms with Crippen molar-refractivity contribution in [1.29, 1.82) is 10.5 Å². The molecule has 3 heteroatoms. The minimum Gasteiger partial charge on any atom is -0.455 e. The number of para-hydroxylation sites is 1. The van der Waals surface area contributed by atoms with Crippen LogP contribution in [0.5, 0.6) is 11.5 Å². The summed E-state index contributed by atoms with van der Waals surface area (Å²) >= 11 is 0. The minimum atomic E-state index is 0.316. The van der Waals surface area contributed by atoms with E-state index in [1.165, 1.54) is 5.56 Å². The molecule has 0 aliphatic heterocycles. The van der Waals surface area contributed by atoms with Crippen molar-refractivity contribution in [2.45, 2.75) is 13.8 Å². The smallest absolute Gasteiger partial charge is 0.162 e. The highest BCUT2D eigenvalue weighted by molar-refractivity contribution is 5.55. The first-order valence-electron chi connectivity index (χ1n) is 5.84. The summed E-state index contributed by atoms with van der Waals surface area (Å²) in [6.45, 7) is 4.01. The van der Waals surface area contributed by atoms with Crippen LogP contribution < -0.4 is 4.74 Å². The highest BCUT2D eigenvalue weighted by Gasteiger charge is 2.10. The second kappa shape index (κ2) is 5.25. The Labute approximate surface area is 112 Å². The Morgan fingerprint density at radius 1 is 0.895 bits per heavy atom. The monoisotopic (exact) mass is 248 g/mol. The van der Waals surface area contributed by atoms with Gasteiger partial charge in [-0.3, -0.25) is 0 Å². The Hall–Kier alpha value is -2.78. The molecule has 0 bridgehead atoms. The quantitative estimate of drug-likeness (QED) is 0.811. The van der Waals surface area contributed by atoms with Crippen molar-refractivity contribution < 1.29 is 4.74 Å². The van der Waals surface area contributed by atoms with Crippen LogP contribution in [0.15, 0.2) is 36.4 Å². The average Bonchev–Trinajstić information content (AvgIpc) is 2.43. The molecule has 0 amide bonds. The van der Waals surface area contributed by atoms with Crippen LogP contribution in [0.4, 0.5) is 0 Å². The van der Waals surface area contributed by atoms with Crippen LogP contribution in [0, 0.1) is 36.5 Å². The van der Waals surface area contributed by atoms with Crippen molar-refractivity contribution in [3.05, 3.63) is 58.7 Å². The first-order valence-corrected chi connectivity index (χ1v) is 5.84. The molecule has 92 valence electrons. The number of aryl methyl sites for hydroxylation is 2. The van der Waals surface area contributed by atoms with Crippen molar-refractivity contribution in [2.75, 3.05) is 0 Å². The summed E-state index contributed by atoms with van der Waals surface area (Å²) in [7, 11) is 0. The lowest BCUT2D eigenvalue weighted by Crippen LogP contribution is -1.93. The lowest BCUT2D eigenvalue weighted by molar-refractivity contribution is 0.479. The standard InChI is InChI=1S/C16H12N2O/c1-11-6-7-15(8-12(11)2)19-16-13(9-17)4-3-5-14(16)10-18/h3-8H,1-2H3. The van der Waals surface area contributed by atoms with Gasteiger partial charge in [-0.25, -0.2) is 0 Å². The van der Waals surface area contributed by atoms with Crippen LogP contribution in [0.3, 0.4) is 0 Å². The third-order valence-electron chi connectivity index (χ3n) is 2.95. The Morgan fingerprint density at radius 3 is 2.05 bits per heavy atom. The fraction of sp³-hybridized carbons (Fsp3) is 0.125. The van der Waals surface area contributed by atoms with E-state index in [4.69, 9.17) is 15.3 Å². The molecule has 0 aromatic heterocycles. The molecular weight excluding hydrogens is 236 g/mol. The Kier molecular flexibility index (Phi) is 3.50. The van der Waals surface area contributed by atoms with Crippen molar-refractivity contribution in [3.8, 4) is 23.6 Å². The molecule has 0 fully saturated rings. The highest BCUT2D eigenvalue weighted by Crippen LogP contribution is 2.29. The molecule has 2 aromatic carbocycles. The predicted octanol–water partition coefficient (Wildman–Crippen LogP) is 3.84. The van der Waals surface area contributed by atoms with Gasteiger partial charge >= 0.3 is 0 Å². The highest BCUT2D eigenvalue weighted by atomic mass is 16.5. The molecule has 3 nitrogen and oxygen atoms in total. The molecule has 0 aliphatic carbocycles. The molecule has 2 aromatic rings. The Balaban J connectivity index is 2.46. The Bertz CT molecular complexity index is 673. The van der Waals surface area contributed by atoms with Gasteiger partial charge in [0.1, 0.15) is 17.9 Å². The summed E-state index contributed by atoms with van der Waals surface area (Å²) in [6.07, 6.45) is 0. The van der Waals surface area contributed by atoms with Gasteiger partial charge in [0, 0.05) is 0 Å². The van der Waals surface area contributed by atoms with E-state index in [0.717, 1.165) is 5.56 Å². The second-order valence-electron chi connectivity index (χ2n) is 4.25. The largest absolute Gasteiger partial charge is 0.455 e. The van der Waals surface area contributed by atoms with Crippen LogP contribution >= 0.6 is 0 Å². The molecular formula is C16H12N2O. The number of nitriles is 2. The summed E-state index contributed by atoms with van der Waals surface area (Å²) < 4.78 is 5.71. The lowest BCUT2D eigenvalue weighted by atomic mass is 10.1. The van der Waals surface area contributed by atoms with Crippen molar-refractivity contribution in [2.24, 2.45) is 0 Å². The zero-order valence-corrected chi connectivity index (χ0v) is 10.8. The molecule has 0 unspecified atom stereocenters. The first-order chi connectivity index (χ1) is 9.15. The van der Waals surface area contributed by atoms with Crippen molar-refractivity contribution >= 4 is 0 Å². The molecule has 0 radical (unpaired) electrons. The zero-order valence-electron chi connectivity index (χ0n) is 10.8. The van der Waals surface area contributed by atoms with Gasteiger partial charge < -0.3 is 4.74 Å². The molecule has 0 aliphatic rings. The van der Waals surface area contributed by atoms with Gasteiger partial charge in [-0.05, 0) is 49.2 Å². The molecule has 0 heterocycles. The number of nitrogens with zero attached hydrogens (tertiary/aromatic N) is 2. The van der Waals surface area contributed by atoms with Crippen LogP contribution in [0.25, 0.3) is 0 Å². The van der Waals surface area contributed by atoms with E-state index in [1.807, 2.05) is 44.2 Å². The molecule has 0 spiro atoms. The second-order valence-corrected chi connectivity index (χ2v) is 4.25. The third kappa shape index (κ3) is 2.56. The van der Waals surface area contributed by atoms with E-state index in [0.29, 0.717) is 22.6 Å². The molecule has 19 heavy (non-hydrogen) atoms. The molecule has 0 saturated heterocycles. The summed E-state index contributed by atoms with van der Waals surface area (Å²) in [6, 6.07) is 14.7. The maximum Gasteiger partial charge on any atom is 0.162 e. The van der Waals surface area contributed by atoms with Gasteiger partial charge in [0.2, 0.25) is 0 Å². The summed E-state index contributed by atoms with van der Waals surface area (Å²) in [5.74, 6) is 0.943.